The van der Waals surface area contributed by atoms with Crippen molar-refractivity contribution in [3.05, 3.63) is 24.0 Å². The Balaban J connectivity index is 2.62. The zero-order chi connectivity index (χ0) is 15.2. The molecule has 0 aliphatic rings. The molecule has 1 atom stereocenters. The van der Waals surface area contributed by atoms with Crippen LogP contribution in [-0.4, -0.2) is 34.9 Å². The fraction of sp³-hybridized carbons (Fsp3) is 0.615. The summed E-state index contributed by atoms with van der Waals surface area (Å²) < 4.78 is 37.9. The van der Waals surface area contributed by atoms with Gasteiger partial charge in [0.05, 0.1) is 0 Å². The van der Waals surface area contributed by atoms with Gasteiger partial charge in [-0.3, -0.25) is 4.79 Å². The predicted molar refractivity (Wildman–Crippen MR) is 68.3 cm³/mol. The molecular formula is C13H19F3N2O2. The SMILES string of the molecule is CCC(CCO)CNC(=O)c1cccn1CC(F)(F)F. The second-order valence-corrected chi connectivity index (χ2v) is 4.63. The highest BCUT2D eigenvalue weighted by atomic mass is 19.4. The van der Waals surface area contributed by atoms with E-state index in [0.717, 1.165) is 11.0 Å². The molecule has 0 spiro atoms. The number of hydrogen-bond donors (Lipinski definition) is 2. The van der Waals surface area contributed by atoms with Crippen LogP contribution < -0.4 is 5.32 Å². The molecule has 0 aromatic carbocycles. The number of alkyl halides is 3. The lowest BCUT2D eigenvalue weighted by atomic mass is 10.0. The Morgan fingerprint density at radius 3 is 2.75 bits per heavy atom. The van der Waals surface area contributed by atoms with Crippen LogP contribution in [0.25, 0.3) is 0 Å². The third kappa shape index (κ3) is 5.24. The maximum Gasteiger partial charge on any atom is 0.406 e. The van der Waals surface area contributed by atoms with Gasteiger partial charge >= 0.3 is 6.18 Å². The Morgan fingerprint density at radius 2 is 2.20 bits per heavy atom. The molecule has 0 aliphatic carbocycles. The Morgan fingerprint density at radius 1 is 1.50 bits per heavy atom. The van der Waals surface area contributed by atoms with E-state index in [1.807, 2.05) is 6.92 Å². The number of amides is 1. The lowest BCUT2D eigenvalue weighted by Crippen LogP contribution is -2.32. The van der Waals surface area contributed by atoms with Gasteiger partial charge in [-0.1, -0.05) is 13.3 Å². The summed E-state index contributed by atoms with van der Waals surface area (Å²) in [5.41, 5.74) is -0.0128. The molecule has 0 bridgehead atoms. The molecule has 20 heavy (non-hydrogen) atoms. The van der Waals surface area contributed by atoms with Gasteiger partial charge in [-0.05, 0) is 24.5 Å². The van der Waals surface area contributed by atoms with Crippen LogP contribution in [0.4, 0.5) is 13.2 Å². The van der Waals surface area contributed by atoms with Gasteiger partial charge in [0.2, 0.25) is 0 Å². The zero-order valence-corrected chi connectivity index (χ0v) is 11.3. The number of aliphatic hydroxyl groups is 1. The summed E-state index contributed by atoms with van der Waals surface area (Å²) in [5, 5.41) is 11.5. The molecule has 114 valence electrons. The average molecular weight is 292 g/mol. The lowest BCUT2D eigenvalue weighted by molar-refractivity contribution is -0.140. The van der Waals surface area contributed by atoms with Crippen LogP contribution >= 0.6 is 0 Å². The molecular weight excluding hydrogens is 273 g/mol. The zero-order valence-electron chi connectivity index (χ0n) is 11.3. The molecule has 0 radical (unpaired) electrons. The number of rotatable bonds is 7. The summed E-state index contributed by atoms with van der Waals surface area (Å²) in [5.74, 6) is -0.411. The van der Waals surface area contributed by atoms with Crippen molar-refractivity contribution in [1.82, 2.24) is 9.88 Å². The fourth-order valence-corrected chi connectivity index (χ4v) is 1.91. The van der Waals surface area contributed by atoms with Gasteiger partial charge in [0.15, 0.2) is 0 Å². The first-order chi connectivity index (χ1) is 9.37. The van der Waals surface area contributed by atoms with Crippen molar-refractivity contribution in [2.45, 2.75) is 32.5 Å². The van der Waals surface area contributed by atoms with Crippen LogP contribution in [0.5, 0.6) is 0 Å². The molecule has 2 N–H and O–H groups in total. The number of halogens is 3. The molecule has 1 aromatic heterocycles. The number of nitrogens with zero attached hydrogens (tertiary/aromatic N) is 1. The van der Waals surface area contributed by atoms with Gasteiger partial charge in [-0.25, -0.2) is 0 Å². The highest BCUT2D eigenvalue weighted by Gasteiger charge is 2.29. The maximum absolute atomic E-state index is 12.4. The van der Waals surface area contributed by atoms with Gasteiger partial charge in [0.25, 0.3) is 5.91 Å². The second-order valence-electron chi connectivity index (χ2n) is 4.63. The smallest absolute Gasteiger partial charge is 0.396 e. The van der Waals surface area contributed by atoms with Crippen molar-refractivity contribution in [2.75, 3.05) is 13.2 Å². The van der Waals surface area contributed by atoms with Crippen LogP contribution in [0.15, 0.2) is 18.3 Å². The van der Waals surface area contributed by atoms with Crippen LogP contribution in [-0.2, 0) is 6.54 Å². The molecule has 1 rings (SSSR count). The van der Waals surface area contributed by atoms with Crippen LogP contribution in [0.3, 0.4) is 0 Å². The van der Waals surface area contributed by atoms with E-state index in [0.29, 0.717) is 13.0 Å². The normalized spacial score (nSPS) is 13.2. The standard InChI is InChI=1S/C13H19F3N2O2/c1-2-10(5-7-19)8-17-12(20)11-4-3-6-18(11)9-13(14,15)16/h3-4,6,10,19H,2,5,7-9H2,1H3,(H,17,20). The van der Waals surface area contributed by atoms with E-state index < -0.39 is 18.6 Å². The largest absolute Gasteiger partial charge is 0.406 e. The topological polar surface area (TPSA) is 54.3 Å². The van der Waals surface area contributed by atoms with Gasteiger partial charge in [-0.15, -0.1) is 0 Å². The molecule has 0 saturated heterocycles. The summed E-state index contributed by atoms with van der Waals surface area (Å²) in [4.78, 5) is 11.9. The minimum atomic E-state index is -4.36. The van der Waals surface area contributed by atoms with Gasteiger partial charge < -0.3 is 15.0 Å². The van der Waals surface area contributed by atoms with E-state index in [1.54, 1.807) is 0 Å². The third-order valence-electron chi connectivity index (χ3n) is 3.08. The van der Waals surface area contributed by atoms with Crippen molar-refractivity contribution in [2.24, 2.45) is 5.92 Å². The van der Waals surface area contributed by atoms with Crippen molar-refractivity contribution in [3.63, 3.8) is 0 Å². The van der Waals surface area contributed by atoms with E-state index in [-0.39, 0.29) is 18.2 Å². The summed E-state index contributed by atoms with van der Waals surface area (Å²) >= 11 is 0. The molecule has 1 unspecified atom stereocenters. The number of aliphatic hydroxyl groups excluding tert-OH is 1. The van der Waals surface area contributed by atoms with Crippen LogP contribution in [0.1, 0.15) is 30.3 Å². The third-order valence-corrected chi connectivity index (χ3v) is 3.08. The first-order valence-electron chi connectivity index (χ1n) is 6.48. The van der Waals surface area contributed by atoms with Gasteiger partial charge in [-0.2, -0.15) is 13.2 Å². The van der Waals surface area contributed by atoms with Crippen molar-refractivity contribution in [3.8, 4) is 0 Å². The molecule has 0 saturated carbocycles. The Labute approximate surface area is 115 Å². The minimum absolute atomic E-state index is 0.0128. The Kier molecular flexibility index (Phi) is 6.06. The molecule has 1 amide bonds. The van der Waals surface area contributed by atoms with Crippen molar-refractivity contribution >= 4 is 5.91 Å². The van der Waals surface area contributed by atoms with E-state index in [9.17, 15) is 18.0 Å². The summed E-state index contributed by atoms with van der Waals surface area (Å²) in [6.07, 6.45) is -1.80. The monoisotopic (exact) mass is 292 g/mol. The Bertz CT molecular complexity index is 429. The molecule has 4 nitrogen and oxygen atoms in total. The number of carbonyl (C=O) groups is 1. The number of aromatic nitrogens is 1. The first-order valence-corrected chi connectivity index (χ1v) is 6.48. The second kappa shape index (κ2) is 7.33. The quantitative estimate of drug-likeness (QED) is 0.809. The first kappa shape index (κ1) is 16.6. The fourth-order valence-electron chi connectivity index (χ4n) is 1.91. The molecule has 1 aromatic rings. The van der Waals surface area contributed by atoms with Gasteiger partial charge in [0.1, 0.15) is 12.2 Å². The van der Waals surface area contributed by atoms with E-state index in [4.69, 9.17) is 5.11 Å². The van der Waals surface area contributed by atoms with Crippen LogP contribution in [0, 0.1) is 5.92 Å². The Hall–Kier alpha value is -1.50. The van der Waals surface area contributed by atoms with Crippen LogP contribution in [0.2, 0.25) is 0 Å². The number of carbonyl (C=O) groups excluding carboxylic acids is 1. The van der Waals surface area contributed by atoms with E-state index in [2.05, 4.69) is 5.32 Å². The highest BCUT2D eigenvalue weighted by Crippen LogP contribution is 2.19. The van der Waals surface area contributed by atoms with Crippen molar-refractivity contribution < 1.29 is 23.1 Å². The van der Waals surface area contributed by atoms with E-state index >= 15 is 0 Å². The summed E-state index contributed by atoms with van der Waals surface area (Å²) in [7, 11) is 0. The number of hydrogen-bond acceptors (Lipinski definition) is 2. The molecule has 1 heterocycles. The molecule has 0 fully saturated rings. The predicted octanol–water partition coefficient (Wildman–Crippen LogP) is 2.19. The lowest BCUT2D eigenvalue weighted by Gasteiger charge is -2.15. The summed E-state index contributed by atoms with van der Waals surface area (Å²) in [6, 6.07) is 2.76. The average Bonchev–Trinajstić information content (AvgIpc) is 2.79. The molecule has 0 aliphatic heterocycles. The molecule has 7 heteroatoms. The van der Waals surface area contributed by atoms with E-state index in [1.165, 1.54) is 18.3 Å². The summed E-state index contributed by atoms with van der Waals surface area (Å²) in [6.45, 7) is 1.11. The number of nitrogens with one attached hydrogen (secondary N) is 1. The maximum atomic E-state index is 12.4. The minimum Gasteiger partial charge on any atom is -0.396 e. The van der Waals surface area contributed by atoms with Crippen molar-refractivity contribution in [1.29, 1.82) is 0 Å². The van der Waals surface area contributed by atoms with Gasteiger partial charge in [0, 0.05) is 19.3 Å². The highest BCUT2D eigenvalue weighted by molar-refractivity contribution is 5.92.